The van der Waals surface area contributed by atoms with Gasteiger partial charge in [-0.2, -0.15) is 0 Å². The molecular weight excluding hydrogens is 564 g/mol. The molecule has 240 valence electrons. The molecular formula is C34H53ClN4O4. The molecule has 0 aliphatic carbocycles. The fourth-order valence-corrected chi connectivity index (χ4v) is 5.81. The molecule has 0 bridgehead atoms. The summed E-state index contributed by atoms with van der Waals surface area (Å²) in [4.78, 5) is 41.7. The van der Waals surface area contributed by atoms with E-state index in [9.17, 15) is 14.4 Å². The van der Waals surface area contributed by atoms with Crippen molar-refractivity contribution in [1.29, 1.82) is 0 Å². The van der Waals surface area contributed by atoms with Crippen LogP contribution in [0.2, 0.25) is 0 Å². The van der Waals surface area contributed by atoms with Gasteiger partial charge < -0.3 is 25.6 Å². The highest BCUT2D eigenvalue weighted by molar-refractivity contribution is 5.94. The van der Waals surface area contributed by atoms with E-state index in [1.54, 1.807) is 18.7 Å². The Bertz CT molecular complexity index is 1170. The molecule has 1 saturated heterocycles. The van der Waals surface area contributed by atoms with Crippen LogP contribution in [0.25, 0.3) is 10.8 Å². The van der Waals surface area contributed by atoms with Crippen molar-refractivity contribution < 1.29 is 19.1 Å². The Morgan fingerprint density at radius 1 is 1.02 bits per heavy atom. The maximum atomic E-state index is 13.5. The zero-order valence-electron chi connectivity index (χ0n) is 26.7. The molecule has 1 unspecified atom stereocenters. The molecule has 1 aliphatic heterocycles. The van der Waals surface area contributed by atoms with Crippen molar-refractivity contribution in [2.75, 3.05) is 33.3 Å². The Balaban J connectivity index is 0.00000645. The Morgan fingerprint density at radius 2 is 1.72 bits per heavy atom. The lowest BCUT2D eigenvalue weighted by Gasteiger charge is -2.32. The Hall–Kier alpha value is -2.68. The number of halogens is 1. The number of ether oxygens (including phenoxy) is 1. The average Bonchev–Trinajstić information content (AvgIpc) is 3.48. The van der Waals surface area contributed by atoms with Crippen molar-refractivity contribution in [3.8, 4) is 0 Å². The molecule has 0 spiro atoms. The molecule has 2 aromatic carbocycles. The molecule has 1 heterocycles. The minimum absolute atomic E-state index is 0. The minimum Gasteiger partial charge on any atom is -0.369 e. The molecule has 1 fully saturated rings. The van der Waals surface area contributed by atoms with Crippen molar-refractivity contribution in [3.63, 3.8) is 0 Å². The number of carbonyl (C=O) groups is 3. The third kappa shape index (κ3) is 10.8. The molecule has 0 radical (unpaired) electrons. The second kappa shape index (κ2) is 18.2. The van der Waals surface area contributed by atoms with Crippen LogP contribution in [0.1, 0.15) is 78.2 Å². The summed E-state index contributed by atoms with van der Waals surface area (Å²) in [7, 11) is 1.50. The third-order valence-corrected chi connectivity index (χ3v) is 8.38. The molecule has 1 aliphatic rings. The fourth-order valence-electron chi connectivity index (χ4n) is 5.81. The smallest absolute Gasteiger partial charge is 0.254 e. The van der Waals surface area contributed by atoms with Gasteiger partial charge >= 0.3 is 0 Å². The van der Waals surface area contributed by atoms with Crippen LogP contribution in [-0.4, -0.2) is 73.6 Å². The lowest BCUT2D eigenvalue weighted by Crippen LogP contribution is -2.56. The number of nitrogens with zero attached hydrogens (tertiary/aromatic N) is 1. The second-order valence-corrected chi connectivity index (χ2v) is 12.1. The van der Waals surface area contributed by atoms with Gasteiger partial charge in [-0.1, -0.05) is 69.2 Å². The highest BCUT2D eigenvalue weighted by Gasteiger charge is 2.41. The summed E-state index contributed by atoms with van der Waals surface area (Å²) in [6.07, 6.45) is 7.33. The first-order valence-electron chi connectivity index (χ1n) is 15.8. The number of hydrogen-bond acceptors (Lipinski definition) is 5. The molecule has 2 aromatic rings. The van der Waals surface area contributed by atoms with Gasteiger partial charge in [-0.25, -0.2) is 0 Å². The molecule has 3 N–H and O–H groups in total. The van der Waals surface area contributed by atoms with Crippen LogP contribution in [0.4, 0.5) is 0 Å². The second-order valence-electron chi connectivity index (χ2n) is 12.1. The lowest BCUT2D eigenvalue weighted by molar-refractivity contribution is -0.154. The first-order valence-corrected chi connectivity index (χ1v) is 15.8. The maximum absolute atomic E-state index is 13.5. The molecule has 3 amide bonds. The quantitative estimate of drug-likeness (QED) is 0.217. The summed E-state index contributed by atoms with van der Waals surface area (Å²) in [5.41, 5.74) is -0.0557. The van der Waals surface area contributed by atoms with Crippen LogP contribution in [0, 0.1) is 5.92 Å². The minimum atomic E-state index is -1.02. The summed E-state index contributed by atoms with van der Waals surface area (Å²) in [5, 5.41) is 11.8. The number of nitrogens with one attached hydrogen (secondary N) is 3. The number of methoxy groups -OCH3 is 1. The molecule has 0 saturated carbocycles. The first-order chi connectivity index (χ1) is 20.2. The molecule has 2 atom stereocenters. The monoisotopic (exact) mass is 616 g/mol. The summed E-state index contributed by atoms with van der Waals surface area (Å²) < 4.78 is 5.39. The van der Waals surface area contributed by atoms with Gasteiger partial charge in [-0.05, 0) is 81.3 Å². The van der Waals surface area contributed by atoms with E-state index in [2.05, 4.69) is 41.9 Å². The van der Waals surface area contributed by atoms with Crippen molar-refractivity contribution in [1.82, 2.24) is 20.9 Å². The molecule has 9 heteroatoms. The Morgan fingerprint density at radius 3 is 2.40 bits per heavy atom. The maximum Gasteiger partial charge on any atom is 0.254 e. The zero-order valence-corrected chi connectivity index (χ0v) is 27.6. The van der Waals surface area contributed by atoms with E-state index in [0.717, 1.165) is 42.3 Å². The lowest BCUT2D eigenvalue weighted by atomic mass is 9.98. The van der Waals surface area contributed by atoms with Gasteiger partial charge in [0.25, 0.3) is 5.91 Å². The van der Waals surface area contributed by atoms with Crippen molar-refractivity contribution in [3.05, 3.63) is 48.0 Å². The van der Waals surface area contributed by atoms with E-state index < -0.39 is 17.7 Å². The van der Waals surface area contributed by atoms with E-state index >= 15 is 0 Å². The van der Waals surface area contributed by atoms with E-state index in [1.807, 2.05) is 30.3 Å². The molecule has 43 heavy (non-hydrogen) atoms. The van der Waals surface area contributed by atoms with Crippen molar-refractivity contribution >= 4 is 40.9 Å². The third-order valence-electron chi connectivity index (χ3n) is 8.38. The van der Waals surface area contributed by atoms with Crippen LogP contribution < -0.4 is 16.0 Å². The zero-order chi connectivity index (χ0) is 30.5. The number of rotatable bonds is 17. The van der Waals surface area contributed by atoms with Gasteiger partial charge in [0.1, 0.15) is 17.7 Å². The molecule has 8 nitrogen and oxygen atoms in total. The number of fused-ring (bicyclic) bond motifs is 1. The van der Waals surface area contributed by atoms with E-state index in [4.69, 9.17) is 4.74 Å². The number of carbonyl (C=O) groups excluding carboxylic acids is 3. The van der Waals surface area contributed by atoms with Crippen LogP contribution >= 0.6 is 12.4 Å². The van der Waals surface area contributed by atoms with Gasteiger partial charge in [0, 0.05) is 26.6 Å². The number of hydrogen-bond donors (Lipinski definition) is 3. The summed E-state index contributed by atoms with van der Waals surface area (Å²) in [6.45, 7) is 10.7. The fraction of sp³-hybridized carbons (Fsp3) is 0.618. The normalized spacial score (nSPS) is 15.8. The van der Waals surface area contributed by atoms with Gasteiger partial charge in [0.05, 0.1) is 0 Å². The predicted octanol–water partition coefficient (Wildman–Crippen LogP) is 5.02. The van der Waals surface area contributed by atoms with Crippen LogP contribution in [-0.2, 0) is 25.5 Å². The van der Waals surface area contributed by atoms with E-state index in [1.165, 1.54) is 32.8 Å². The van der Waals surface area contributed by atoms with Gasteiger partial charge in [-0.3, -0.25) is 14.4 Å². The molecule has 0 aromatic heterocycles. The van der Waals surface area contributed by atoms with Crippen LogP contribution in [0.5, 0.6) is 0 Å². The SMILES string of the molecule is CCCC(CCC)CNCCCNC(=O)[C@@H](Cc1ccc2ccccc2c1)NC(=O)C1CCCN1C(=O)C(C)(C)OC.Cl. The van der Waals surface area contributed by atoms with E-state index in [-0.39, 0.29) is 30.1 Å². The average molecular weight is 617 g/mol. The number of amides is 3. The summed E-state index contributed by atoms with van der Waals surface area (Å²) in [5.74, 6) is -0.0221. The first kappa shape index (κ1) is 36.5. The highest BCUT2D eigenvalue weighted by atomic mass is 35.5. The Kier molecular flexibility index (Phi) is 15.5. The van der Waals surface area contributed by atoms with Gasteiger partial charge in [0.2, 0.25) is 11.8 Å². The predicted molar refractivity (Wildman–Crippen MR) is 176 cm³/mol. The number of benzene rings is 2. The van der Waals surface area contributed by atoms with Crippen molar-refractivity contribution in [2.45, 2.75) is 96.7 Å². The summed E-state index contributed by atoms with van der Waals surface area (Å²) >= 11 is 0. The van der Waals surface area contributed by atoms with E-state index in [0.29, 0.717) is 31.8 Å². The standard InChI is InChI=1S/C34H52N4O4.ClH/c1-6-12-25(13-7-2)24-35-19-11-20-36-31(39)29(23-26-17-18-27-14-8-9-15-28(27)22-26)37-32(40)30-16-10-21-38(30)33(41)34(3,4)42-5;/h8-9,14-15,17-18,22,25,29-30,35H,6-7,10-13,16,19-21,23-24H2,1-5H3,(H,36,39)(H,37,40);1H/t29-,30?;/m1./s1. The molecule has 3 rings (SSSR count). The summed E-state index contributed by atoms with van der Waals surface area (Å²) in [6, 6.07) is 12.8. The largest absolute Gasteiger partial charge is 0.369 e. The van der Waals surface area contributed by atoms with Crippen LogP contribution in [0.3, 0.4) is 0 Å². The van der Waals surface area contributed by atoms with Crippen molar-refractivity contribution in [2.24, 2.45) is 5.92 Å². The van der Waals surface area contributed by atoms with Crippen LogP contribution in [0.15, 0.2) is 42.5 Å². The highest BCUT2D eigenvalue weighted by Crippen LogP contribution is 2.24. The topological polar surface area (TPSA) is 99.8 Å². The Labute approximate surface area is 264 Å². The van der Waals surface area contributed by atoms with Gasteiger partial charge in [-0.15, -0.1) is 12.4 Å². The van der Waals surface area contributed by atoms with Gasteiger partial charge in [0.15, 0.2) is 0 Å². The number of likely N-dealkylation sites (tertiary alicyclic amines) is 1.